The molecule has 15 rings (SSSR count). The minimum absolute atomic E-state index is 0.692. The van der Waals surface area contributed by atoms with Crippen molar-refractivity contribution >= 4 is 34.1 Å². The van der Waals surface area contributed by atoms with E-state index >= 15 is 0 Å². The fourth-order valence-corrected chi connectivity index (χ4v) is 12.7. The van der Waals surface area contributed by atoms with Crippen LogP contribution >= 0.6 is 0 Å². The third-order valence-corrected chi connectivity index (χ3v) is 15.5. The molecule has 72 heavy (non-hydrogen) atoms. The number of anilines is 6. The Kier molecular flexibility index (Phi) is 8.75. The molecular formula is C68H44N2O2. The van der Waals surface area contributed by atoms with Crippen LogP contribution in [0.2, 0.25) is 0 Å². The van der Waals surface area contributed by atoms with E-state index in [1.54, 1.807) is 0 Å². The summed E-state index contributed by atoms with van der Waals surface area (Å²) in [5.74, 6) is 3.46. The highest BCUT2D eigenvalue weighted by atomic mass is 16.5. The largest absolute Gasteiger partial charge is 0.457 e. The van der Waals surface area contributed by atoms with Crippen molar-refractivity contribution in [3.8, 4) is 45.3 Å². The lowest BCUT2D eigenvalue weighted by molar-refractivity contribution is 0.434. The zero-order chi connectivity index (χ0) is 47.4. The molecule has 4 heterocycles. The van der Waals surface area contributed by atoms with Crippen molar-refractivity contribution in [3.05, 3.63) is 311 Å². The van der Waals surface area contributed by atoms with Crippen molar-refractivity contribution in [1.29, 1.82) is 0 Å². The molecule has 0 N–H and O–H groups in total. The molecule has 4 aliphatic rings. The van der Waals surface area contributed by atoms with Crippen molar-refractivity contribution in [2.75, 3.05) is 9.80 Å². The Balaban J connectivity index is 0.985. The third-order valence-electron chi connectivity index (χ3n) is 15.5. The maximum atomic E-state index is 6.79. The topological polar surface area (TPSA) is 24.9 Å². The van der Waals surface area contributed by atoms with E-state index in [9.17, 15) is 0 Å². The number of ether oxygens (including phenoxy) is 2. The summed E-state index contributed by atoms with van der Waals surface area (Å²) in [5.41, 5.74) is 19.1. The van der Waals surface area contributed by atoms with Gasteiger partial charge in [-0.1, -0.05) is 188 Å². The summed E-state index contributed by atoms with van der Waals surface area (Å²) in [7, 11) is 0. The maximum absolute atomic E-state index is 6.79. The number of para-hydroxylation sites is 6. The average Bonchev–Trinajstić information content (AvgIpc) is 3.46. The van der Waals surface area contributed by atoms with Gasteiger partial charge >= 0.3 is 0 Å². The zero-order valence-corrected chi connectivity index (χ0v) is 39.1. The van der Waals surface area contributed by atoms with Gasteiger partial charge in [-0.3, -0.25) is 0 Å². The number of hydrogen-bond acceptors (Lipinski definition) is 4. The predicted molar refractivity (Wildman–Crippen MR) is 291 cm³/mol. The van der Waals surface area contributed by atoms with Gasteiger partial charge in [0, 0.05) is 33.6 Å². The Hall–Kier alpha value is -9.38. The molecule has 0 aliphatic carbocycles. The second-order valence-corrected chi connectivity index (χ2v) is 19.1. The van der Waals surface area contributed by atoms with E-state index in [4.69, 9.17) is 9.47 Å². The molecule has 0 saturated carbocycles. The first-order chi connectivity index (χ1) is 35.7. The van der Waals surface area contributed by atoms with Gasteiger partial charge in [0.05, 0.1) is 33.6 Å². The van der Waals surface area contributed by atoms with E-state index in [2.05, 4.69) is 277 Å². The summed E-state index contributed by atoms with van der Waals surface area (Å²) < 4.78 is 13.6. The molecule has 0 bridgehead atoms. The van der Waals surface area contributed by atoms with Crippen LogP contribution in [0.25, 0.3) is 22.3 Å². The molecule has 4 nitrogen and oxygen atoms in total. The van der Waals surface area contributed by atoms with Gasteiger partial charge in [0.15, 0.2) is 0 Å². The molecular weight excluding hydrogens is 877 g/mol. The third kappa shape index (κ3) is 5.57. The van der Waals surface area contributed by atoms with Gasteiger partial charge in [0.2, 0.25) is 0 Å². The van der Waals surface area contributed by atoms with Gasteiger partial charge < -0.3 is 19.3 Å². The van der Waals surface area contributed by atoms with Crippen LogP contribution in [0.5, 0.6) is 23.0 Å². The molecule has 11 aromatic rings. The zero-order valence-electron chi connectivity index (χ0n) is 39.1. The van der Waals surface area contributed by atoms with Crippen LogP contribution in [0.15, 0.2) is 267 Å². The van der Waals surface area contributed by atoms with Crippen molar-refractivity contribution in [3.63, 3.8) is 0 Å². The minimum atomic E-state index is -0.692. The highest BCUT2D eigenvalue weighted by Gasteiger charge is 2.53. The average molecular weight is 921 g/mol. The molecule has 0 atom stereocenters. The van der Waals surface area contributed by atoms with Crippen molar-refractivity contribution in [1.82, 2.24) is 0 Å². The first-order valence-electron chi connectivity index (χ1n) is 24.7. The lowest BCUT2D eigenvalue weighted by Crippen LogP contribution is -2.40. The van der Waals surface area contributed by atoms with E-state index in [-0.39, 0.29) is 0 Å². The van der Waals surface area contributed by atoms with Crippen LogP contribution in [0, 0.1) is 0 Å². The molecule has 4 aliphatic heterocycles. The van der Waals surface area contributed by atoms with Crippen LogP contribution in [0.4, 0.5) is 34.1 Å². The fourth-order valence-electron chi connectivity index (χ4n) is 12.7. The van der Waals surface area contributed by atoms with Gasteiger partial charge in [0.25, 0.3) is 0 Å². The van der Waals surface area contributed by atoms with E-state index in [1.807, 2.05) is 0 Å². The predicted octanol–water partition coefficient (Wildman–Crippen LogP) is 17.6. The molecule has 11 aromatic carbocycles. The Morgan fingerprint density at radius 2 is 0.542 bits per heavy atom. The summed E-state index contributed by atoms with van der Waals surface area (Å²) in [6.07, 6.45) is 0. The monoisotopic (exact) mass is 920 g/mol. The number of fused-ring (bicyclic) bond motifs is 16. The lowest BCUT2D eigenvalue weighted by atomic mass is 9.61. The number of rotatable bonds is 4. The van der Waals surface area contributed by atoms with Crippen LogP contribution in [0.3, 0.4) is 0 Å². The molecule has 0 radical (unpaired) electrons. The second kappa shape index (κ2) is 15.6. The van der Waals surface area contributed by atoms with E-state index in [1.165, 1.54) is 33.4 Å². The van der Waals surface area contributed by atoms with Gasteiger partial charge in [-0.25, -0.2) is 0 Å². The summed E-state index contributed by atoms with van der Waals surface area (Å²) in [5, 5.41) is 0. The first kappa shape index (κ1) is 40.5. The lowest BCUT2D eigenvalue weighted by Gasteiger charge is -2.49. The van der Waals surface area contributed by atoms with Gasteiger partial charge in [-0.2, -0.15) is 0 Å². The van der Waals surface area contributed by atoms with Crippen molar-refractivity contribution in [2.24, 2.45) is 0 Å². The van der Waals surface area contributed by atoms with E-state index in [0.29, 0.717) is 0 Å². The molecule has 0 unspecified atom stereocenters. The van der Waals surface area contributed by atoms with Crippen LogP contribution in [-0.2, 0) is 10.8 Å². The van der Waals surface area contributed by atoms with Crippen LogP contribution in [0.1, 0.15) is 44.5 Å². The SMILES string of the molecule is c1ccc(-c2ccc3c(c2)C2(c4ccccc4Oc4ccccc42)c2ccccc2N3c2cccc(N3c4ccccc4C4(c5ccccc5Oc5ccccc54)c4cc(-c5ccccc5)ccc43)c2)cc1. The summed E-state index contributed by atoms with van der Waals surface area (Å²) in [6, 6.07) is 97.1. The Bertz CT molecular complexity index is 3630. The van der Waals surface area contributed by atoms with Crippen molar-refractivity contribution < 1.29 is 9.47 Å². The fraction of sp³-hybridized carbons (Fsp3) is 0.0294. The smallest absolute Gasteiger partial charge is 0.132 e. The quantitative estimate of drug-likeness (QED) is 0.176. The molecule has 0 aromatic heterocycles. The molecule has 2 spiro atoms. The van der Waals surface area contributed by atoms with Crippen LogP contribution in [-0.4, -0.2) is 0 Å². The highest BCUT2D eigenvalue weighted by Crippen LogP contribution is 2.65. The van der Waals surface area contributed by atoms with Crippen LogP contribution < -0.4 is 19.3 Å². The van der Waals surface area contributed by atoms with Crippen molar-refractivity contribution in [2.45, 2.75) is 10.8 Å². The van der Waals surface area contributed by atoms with Gasteiger partial charge in [-0.05, 0) is 123 Å². The maximum Gasteiger partial charge on any atom is 0.132 e. The van der Waals surface area contributed by atoms with Gasteiger partial charge in [-0.15, -0.1) is 0 Å². The molecule has 4 heteroatoms. The minimum Gasteiger partial charge on any atom is -0.457 e. The molecule has 0 amide bonds. The Labute approximate surface area is 418 Å². The first-order valence-corrected chi connectivity index (χ1v) is 24.7. The van der Waals surface area contributed by atoms with E-state index < -0.39 is 10.8 Å². The molecule has 338 valence electrons. The summed E-state index contributed by atoms with van der Waals surface area (Å²) >= 11 is 0. The molecule has 0 saturated heterocycles. The second-order valence-electron chi connectivity index (χ2n) is 19.1. The Morgan fingerprint density at radius 1 is 0.222 bits per heavy atom. The molecule has 0 fully saturated rings. The standard InChI is InChI=1S/C68H44N2O2/c1-3-20-45(21-4-1)47-38-40-61-57(42-47)67(53-28-9-15-34-63(53)71-64-35-16-10-29-54(64)67)51-26-7-13-32-59(51)69(61)49-24-19-25-50(44-49)70-60-33-14-8-27-52(60)68(58-43-48(39-41-62(58)70)46-22-5-2-6-23-46)55-30-11-17-36-65(55)72-66-37-18-12-31-56(66)68/h1-44H. The number of nitrogens with zero attached hydrogens (tertiary/aromatic N) is 2. The van der Waals surface area contributed by atoms with Gasteiger partial charge in [0.1, 0.15) is 23.0 Å². The number of hydrogen-bond donors (Lipinski definition) is 0. The Morgan fingerprint density at radius 3 is 0.931 bits per heavy atom. The highest BCUT2D eigenvalue weighted by molar-refractivity contribution is 5.96. The normalized spacial score (nSPS) is 14.5. The number of benzene rings is 11. The van der Waals surface area contributed by atoms with E-state index in [0.717, 1.165) is 90.5 Å². The summed E-state index contributed by atoms with van der Waals surface area (Å²) in [4.78, 5) is 4.97. The summed E-state index contributed by atoms with van der Waals surface area (Å²) in [6.45, 7) is 0.